The van der Waals surface area contributed by atoms with Gasteiger partial charge in [0.1, 0.15) is 0 Å². The summed E-state index contributed by atoms with van der Waals surface area (Å²) in [5.41, 5.74) is 1.08. The average Bonchev–Trinajstić information content (AvgIpc) is 2.45. The number of unbranched alkanes of at least 4 members (excludes halogenated alkanes) is 1. The fourth-order valence-electron chi connectivity index (χ4n) is 3.16. The molecule has 3 nitrogen and oxygen atoms in total. The van der Waals surface area contributed by atoms with E-state index < -0.39 is 10.0 Å². The van der Waals surface area contributed by atoms with Gasteiger partial charge < -0.3 is 0 Å². The Kier molecular flexibility index (Phi) is 5.82. The van der Waals surface area contributed by atoms with E-state index in [1.165, 1.54) is 25.7 Å². The van der Waals surface area contributed by atoms with Gasteiger partial charge in [-0.15, -0.1) is 0 Å². The van der Waals surface area contributed by atoms with Gasteiger partial charge in [0, 0.05) is 6.04 Å². The molecule has 1 aliphatic carbocycles. The number of sulfonamides is 1. The van der Waals surface area contributed by atoms with Gasteiger partial charge in [0.05, 0.1) is 4.90 Å². The Morgan fingerprint density at radius 3 is 2.57 bits per heavy atom. The van der Waals surface area contributed by atoms with Crippen LogP contribution in [0.4, 0.5) is 0 Å². The van der Waals surface area contributed by atoms with E-state index in [0.29, 0.717) is 10.8 Å². The molecule has 0 saturated heterocycles. The highest BCUT2D eigenvalue weighted by Gasteiger charge is 2.26. The first-order valence-corrected chi connectivity index (χ1v) is 9.58. The second kappa shape index (κ2) is 7.41. The Balaban J connectivity index is 1.97. The van der Waals surface area contributed by atoms with Crippen LogP contribution in [-0.2, 0) is 10.0 Å². The summed E-state index contributed by atoms with van der Waals surface area (Å²) in [5, 5.41) is 0. The second-order valence-electron chi connectivity index (χ2n) is 6.31. The zero-order chi connectivity index (χ0) is 15.3. The molecule has 1 saturated carbocycles. The molecule has 1 aromatic rings. The Hall–Kier alpha value is -0.870. The minimum Gasteiger partial charge on any atom is -0.208 e. The SMILES string of the molecule is CCCCC1CCCC(NS(=O)(=O)c2ccc(C)cc2)C1. The Morgan fingerprint density at radius 1 is 1.19 bits per heavy atom. The molecule has 0 radical (unpaired) electrons. The van der Waals surface area contributed by atoms with Gasteiger partial charge in [0.2, 0.25) is 10.0 Å². The molecule has 21 heavy (non-hydrogen) atoms. The van der Waals surface area contributed by atoms with E-state index in [0.717, 1.165) is 24.8 Å². The molecule has 0 heterocycles. The summed E-state index contributed by atoms with van der Waals surface area (Å²) in [7, 11) is -3.37. The van der Waals surface area contributed by atoms with Crippen LogP contribution in [0.3, 0.4) is 0 Å². The zero-order valence-electron chi connectivity index (χ0n) is 13.1. The van der Waals surface area contributed by atoms with Gasteiger partial charge in [-0.05, 0) is 37.8 Å². The van der Waals surface area contributed by atoms with Gasteiger partial charge in [-0.3, -0.25) is 0 Å². The number of hydrogen-bond donors (Lipinski definition) is 1. The highest BCUT2D eigenvalue weighted by molar-refractivity contribution is 7.89. The van der Waals surface area contributed by atoms with E-state index in [-0.39, 0.29) is 6.04 Å². The normalized spacial score (nSPS) is 23.1. The van der Waals surface area contributed by atoms with Gasteiger partial charge in [-0.2, -0.15) is 0 Å². The molecule has 0 amide bonds. The topological polar surface area (TPSA) is 46.2 Å². The predicted molar refractivity (Wildman–Crippen MR) is 86.8 cm³/mol. The Bertz CT molecular complexity index is 536. The van der Waals surface area contributed by atoms with Gasteiger partial charge >= 0.3 is 0 Å². The molecule has 2 rings (SSSR count). The summed E-state index contributed by atoms with van der Waals surface area (Å²) in [6.07, 6.45) is 8.05. The maximum absolute atomic E-state index is 12.4. The highest BCUT2D eigenvalue weighted by Crippen LogP contribution is 2.29. The van der Waals surface area contributed by atoms with Crippen LogP contribution < -0.4 is 4.72 Å². The lowest BCUT2D eigenvalue weighted by atomic mass is 9.83. The lowest BCUT2D eigenvalue weighted by Crippen LogP contribution is -2.38. The molecule has 118 valence electrons. The summed E-state index contributed by atoms with van der Waals surface area (Å²) in [6.45, 7) is 4.17. The first kappa shape index (κ1) is 16.5. The molecule has 0 bridgehead atoms. The summed E-state index contributed by atoms with van der Waals surface area (Å²) in [4.78, 5) is 0.379. The third kappa shape index (κ3) is 4.82. The molecule has 1 aromatic carbocycles. The minimum atomic E-state index is -3.37. The van der Waals surface area contributed by atoms with Crippen molar-refractivity contribution in [3.8, 4) is 0 Å². The maximum Gasteiger partial charge on any atom is 0.240 e. The number of aryl methyl sites for hydroxylation is 1. The largest absolute Gasteiger partial charge is 0.240 e. The molecule has 2 unspecified atom stereocenters. The van der Waals surface area contributed by atoms with Crippen LogP contribution in [0.2, 0.25) is 0 Å². The first-order chi connectivity index (χ1) is 10.0. The van der Waals surface area contributed by atoms with Crippen molar-refractivity contribution in [2.24, 2.45) is 5.92 Å². The van der Waals surface area contributed by atoms with E-state index in [9.17, 15) is 8.42 Å². The van der Waals surface area contributed by atoms with Crippen LogP contribution in [0.15, 0.2) is 29.2 Å². The molecule has 0 aromatic heterocycles. The third-order valence-electron chi connectivity index (χ3n) is 4.40. The summed E-state index contributed by atoms with van der Waals surface area (Å²) >= 11 is 0. The van der Waals surface area contributed by atoms with Crippen molar-refractivity contribution in [1.82, 2.24) is 4.72 Å². The van der Waals surface area contributed by atoms with Crippen molar-refractivity contribution in [2.75, 3.05) is 0 Å². The van der Waals surface area contributed by atoms with E-state index in [1.54, 1.807) is 12.1 Å². The van der Waals surface area contributed by atoms with Crippen LogP contribution in [0, 0.1) is 12.8 Å². The van der Waals surface area contributed by atoms with Crippen LogP contribution in [0.1, 0.15) is 57.4 Å². The van der Waals surface area contributed by atoms with Crippen LogP contribution in [0.5, 0.6) is 0 Å². The van der Waals surface area contributed by atoms with Crippen molar-refractivity contribution in [3.05, 3.63) is 29.8 Å². The van der Waals surface area contributed by atoms with Crippen LogP contribution in [0.25, 0.3) is 0 Å². The molecule has 1 fully saturated rings. The summed E-state index contributed by atoms with van der Waals surface area (Å²) in [5.74, 6) is 0.685. The Morgan fingerprint density at radius 2 is 1.90 bits per heavy atom. The van der Waals surface area contributed by atoms with Gasteiger partial charge in [0.15, 0.2) is 0 Å². The number of benzene rings is 1. The van der Waals surface area contributed by atoms with E-state index in [2.05, 4.69) is 11.6 Å². The third-order valence-corrected chi connectivity index (χ3v) is 5.94. The number of rotatable bonds is 6. The standard InChI is InChI=1S/C17H27NO2S/c1-3-4-6-15-7-5-8-16(13-15)18-21(19,20)17-11-9-14(2)10-12-17/h9-12,15-16,18H,3-8,13H2,1-2H3. The number of nitrogens with one attached hydrogen (secondary N) is 1. The highest BCUT2D eigenvalue weighted by atomic mass is 32.2. The van der Waals surface area contributed by atoms with E-state index >= 15 is 0 Å². The van der Waals surface area contributed by atoms with E-state index in [4.69, 9.17) is 0 Å². The Labute approximate surface area is 129 Å². The molecule has 0 spiro atoms. The predicted octanol–water partition coefficient (Wildman–Crippen LogP) is 4.02. The lowest BCUT2D eigenvalue weighted by molar-refractivity contribution is 0.288. The van der Waals surface area contributed by atoms with Crippen LogP contribution in [-0.4, -0.2) is 14.5 Å². The molecule has 1 N–H and O–H groups in total. The zero-order valence-corrected chi connectivity index (χ0v) is 14.0. The number of hydrogen-bond acceptors (Lipinski definition) is 2. The lowest BCUT2D eigenvalue weighted by Gasteiger charge is -2.29. The molecular formula is C17H27NO2S. The van der Waals surface area contributed by atoms with Crippen molar-refractivity contribution in [1.29, 1.82) is 0 Å². The second-order valence-corrected chi connectivity index (χ2v) is 8.02. The van der Waals surface area contributed by atoms with Crippen molar-refractivity contribution in [3.63, 3.8) is 0 Å². The van der Waals surface area contributed by atoms with Gasteiger partial charge in [-0.25, -0.2) is 13.1 Å². The van der Waals surface area contributed by atoms with Gasteiger partial charge in [0.25, 0.3) is 0 Å². The molecular weight excluding hydrogens is 282 g/mol. The van der Waals surface area contributed by atoms with Crippen molar-refractivity contribution >= 4 is 10.0 Å². The molecule has 1 aliphatic rings. The molecule has 0 aliphatic heterocycles. The first-order valence-electron chi connectivity index (χ1n) is 8.10. The quantitative estimate of drug-likeness (QED) is 0.862. The smallest absolute Gasteiger partial charge is 0.208 e. The van der Waals surface area contributed by atoms with Crippen LogP contribution >= 0.6 is 0 Å². The van der Waals surface area contributed by atoms with Crippen molar-refractivity contribution < 1.29 is 8.42 Å². The van der Waals surface area contributed by atoms with Gasteiger partial charge in [-0.1, -0.05) is 56.7 Å². The maximum atomic E-state index is 12.4. The fourth-order valence-corrected chi connectivity index (χ4v) is 4.44. The van der Waals surface area contributed by atoms with Crippen molar-refractivity contribution in [2.45, 2.75) is 69.7 Å². The fraction of sp³-hybridized carbons (Fsp3) is 0.647. The summed E-state index contributed by atoms with van der Waals surface area (Å²) in [6, 6.07) is 7.18. The molecule has 4 heteroatoms. The molecule has 2 atom stereocenters. The van der Waals surface area contributed by atoms with E-state index in [1.807, 2.05) is 19.1 Å². The monoisotopic (exact) mass is 309 g/mol. The summed E-state index contributed by atoms with van der Waals surface area (Å²) < 4.78 is 27.8. The minimum absolute atomic E-state index is 0.104. The average molecular weight is 309 g/mol.